The Bertz CT molecular complexity index is 1390. The summed E-state index contributed by atoms with van der Waals surface area (Å²) >= 11 is 0. The molecule has 2 aliphatic heterocycles. The molecular formula is C33H39N3O4. The highest BCUT2D eigenvalue weighted by Gasteiger charge is 2.34. The van der Waals surface area contributed by atoms with Crippen LogP contribution in [0, 0.1) is 5.92 Å². The number of hydrogen-bond donors (Lipinski definition) is 1. The summed E-state index contributed by atoms with van der Waals surface area (Å²) in [5.41, 5.74) is 2.89. The Morgan fingerprint density at radius 2 is 1.55 bits per heavy atom. The molecule has 1 fully saturated rings. The molecule has 0 spiro atoms. The van der Waals surface area contributed by atoms with E-state index in [1.165, 1.54) is 5.56 Å². The van der Waals surface area contributed by atoms with Crippen molar-refractivity contribution in [2.75, 3.05) is 19.6 Å². The maximum absolute atomic E-state index is 13.9. The van der Waals surface area contributed by atoms with E-state index in [2.05, 4.69) is 41.7 Å². The van der Waals surface area contributed by atoms with Gasteiger partial charge in [0.1, 0.15) is 11.6 Å². The number of rotatable bonds is 5. The van der Waals surface area contributed by atoms with Crippen molar-refractivity contribution in [2.24, 2.45) is 5.92 Å². The lowest BCUT2D eigenvalue weighted by atomic mass is 9.94. The van der Waals surface area contributed by atoms with Crippen molar-refractivity contribution in [1.29, 1.82) is 0 Å². The van der Waals surface area contributed by atoms with Crippen molar-refractivity contribution in [3.05, 3.63) is 83.4 Å². The first-order valence-corrected chi connectivity index (χ1v) is 14.3. The molecule has 0 aromatic heterocycles. The van der Waals surface area contributed by atoms with Crippen molar-refractivity contribution < 1.29 is 19.1 Å². The van der Waals surface area contributed by atoms with E-state index in [1.54, 1.807) is 4.90 Å². The molecule has 7 nitrogen and oxygen atoms in total. The molecule has 7 heteroatoms. The van der Waals surface area contributed by atoms with Gasteiger partial charge < -0.3 is 19.9 Å². The van der Waals surface area contributed by atoms with Gasteiger partial charge in [0, 0.05) is 38.5 Å². The number of likely N-dealkylation sites (tertiary alicyclic amines) is 1. The zero-order chi connectivity index (χ0) is 28.3. The molecule has 210 valence electrons. The van der Waals surface area contributed by atoms with Crippen LogP contribution in [-0.2, 0) is 33.7 Å². The highest BCUT2D eigenvalue weighted by Crippen LogP contribution is 2.23. The van der Waals surface area contributed by atoms with Crippen LogP contribution in [0.5, 0.6) is 0 Å². The van der Waals surface area contributed by atoms with Crippen LogP contribution in [0.25, 0.3) is 10.8 Å². The van der Waals surface area contributed by atoms with E-state index in [9.17, 15) is 14.4 Å². The molecule has 3 aromatic rings. The minimum absolute atomic E-state index is 0.0535. The second-order valence-corrected chi connectivity index (χ2v) is 12.0. The van der Waals surface area contributed by atoms with Gasteiger partial charge in [-0.15, -0.1) is 0 Å². The third-order valence-electron chi connectivity index (χ3n) is 7.83. The monoisotopic (exact) mass is 541 g/mol. The zero-order valence-electron chi connectivity index (χ0n) is 23.7. The van der Waals surface area contributed by atoms with Crippen molar-refractivity contribution >= 4 is 28.7 Å². The van der Waals surface area contributed by atoms with E-state index < -0.39 is 11.6 Å². The van der Waals surface area contributed by atoms with Crippen LogP contribution in [0.2, 0.25) is 0 Å². The van der Waals surface area contributed by atoms with Crippen LogP contribution >= 0.6 is 0 Å². The third-order valence-corrected chi connectivity index (χ3v) is 7.83. The largest absolute Gasteiger partial charge is 0.444 e. The van der Waals surface area contributed by atoms with E-state index in [-0.39, 0.29) is 23.8 Å². The van der Waals surface area contributed by atoms with Gasteiger partial charge in [-0.2, -0.15) is 0 Å². The number of carbonyl (C=O) groups is 3. The molecule has 1 atom stereocenters. The van der Waals surface area contributed by atoms with Crippen molar-refractivity contribution in [3.63, 3.8) is 0 Å². The number of fused-ring (bicyclic) bond motifs is 2. The molecule has 5 rings (SSSR count). The standard InChI is InChI=1S/C33H39N3O4/c1-33(2,3)40-32(39)35-17-15-26(16-18-35)30(37)34-29(21-23-12-13-24-8-4-6-10-27(24)20-23)31(38)36-19-14-25-9-5-7-11-28(25)22-36/h4-13,20,26,29H,14-19,21-22H2,1-3H3,(H,34,37)/t29-/m1/s1. The molecular weight excluding hydrogens is 502 g/mol. The molecule has 0 radical (unpaired) electrons. The van der Waals surface area contributed by atoms with Gasteiger partial charge in [0.15, 0.2) is 0 Å². The first-order chi connectivity index (χ1) is 19.2. The number of amides is 3. The minimum atomic E-state index is -0.664. The quantitative estimate of drug-likeness (QED) is 0.488. The molecule has 0 unspecified atom stereocenters. The molecule has 0 aliphatic carbocycles. The Hall–Kier alpha value is -3.87. The van der Waals surface area contributed by atoms with Crippen molar-refractivity contribution in [2.45, 2.75) is 64.6 Å². The fraction of sp³-hybridized carbons (Fsp3) is 0.424. The number of ether oxygens (including phenoxy) is 1. The van der Waals surface area contributed by atoms with Crippen LogP contribution in [-0.4, -0.2) is 59.0 Å². The molecule has 1 saturated heterocycles. The second-order valence-electron chi connectivity index (χ2n) is 12.0. The molecule has 2 aliphatic rings. The molecule has 2 heterocycles. The summed E-state index contributed by atoms with van der Waals surface area (Å²) in [5.74, 6) is -0.435. The first kappa shape index (κ1) is 27.7. The van der Waals surface area contributed by atoms with Gasteiger partial charge in [0.05, 0.1) is 0 Å². The Kier molecular flexibility index (Phi) is 8.10. The van der Waals surface area contributed by atoms with Crippen LogP contribution in [0.1, 0.15) is 50.3 Å². The second kappa shape index (κ2) is 11.7. The van der Waals surface area contributed by atoms with Crippen LogP contribution < -0.4 is 5.32 Å². The van der Waals surface area contributed by atoms with Gasteiger partial charge in [-0.25, -0.2) is 4.79 Å². The van der Waals surface area contributed by atoms with E-state index in [0.29, 0.717) is 45.4 Å². The number of piperidine rings is 1. The average Bonchev–Trinajstić information content (AvgIpc) is 2.95. The summed E-state index contributed by atoms with van der Waals surface area (Å²) in [6.07, 6.45) is 1.96. The maximum atomic E-state index is 13.9. The van der Waals surface area contributed by atoms with E-state index in [4.69, 9.17) is 4.74 Å². The predicted molar refractivity (Wildman–Crippen MR) is 156 cm³/mol. The molecule has 3 aromatic carbocycles. The summed E-state index contributed by atoms with van der Waals surface area (Å²) in [4.78, 5) is 43.4. The summed E-state index contributed by atoms with van der Waals surface area (Å²) in [7, 11) is 0. The number of nitrogens with zero attached hydrogens (tertiary/aromatic N) is 2. The third kappa shape index (κ3) is 6.64. The first-order valence-electron chi connectivity index (χ1n) is 14.3. The summed E-state index contributed by atoms with van der Waals surface area (Å²) < 4.78 is 5.49. The minimum Gasteiger partial charge on any atom is -0.444 e. The highest BCUT2D eigenvalue weighted by molar-refractivity contribution is 5.89. The fourth-order valence-electron chi connectivity index (χ4n) is 5.65. The Labute approximate surface area is 236 Å². The van der Waals surface area contributed by atoms with Gasteiger partial charge >= 0.3 is 6.09 Å². The molecule has 40 heavy (non-hydrogen) atoms. The van der Waals surface area contributed by atoms with Gasteiger partial charge in [0.2, 0.25) is 11.8 Å². The fourth-order valence-corrected chi connectivity index (χ4v) is 5.65. The topological polar surface area (TPSA) is 79.0 Å². The highest BCUT2D eigenvalue weighted by atomic mass is 16.6. The Balaban J connectivity index is 1.29. The van der Waals surface area contributed by atoms with Crippen molar-refractivity contribution in [3.8, 4) is 0 Å². The normalized spacial score (nSPS) is 16.8. The Morgan fingerprint density at radius 3 is 2.27 bits per heavy atom. The molecule has 0 saturated carbocycles. The number of benzene rings is 3. The molecule has 1 N–H and O–H groups in total. The summed E-state index contributed by atoms with van der Waals surface area (Å²) in [6.45, 7) is 7.64. The lowest BCUT2D eigenvalue weighted by Crippen LogP contribution is -2.53. The molecule has 0 bridgehead atoms. The van der Waals surface area contributed by atoms with Crippen LogP contribution in [0.3, 0.4) is 0 Å². The van der Waals surface area contributed by atoms with Gasteiger partial charge in [-0.05, 0) is 67.5 Å². The number of hydrogen-bond acceptors (Lipinski definition) is 4. The average molecular weight is 542 g/mol. The Morgan fingerprint density at radius 1 is 0.875 bits per heavy atom. The van der Waals surface area contributed by atoms with Crippen LogP contribution in [0.4, 0.5) is 4.79 Å². The lowest BCUT2D eigenvalue weighted by molar-refractivity contribution is -0.138. The van der Waals surface area contributed by atoms with Gasteiger partial charge in [-0.3, -0.25) is 9.59 Å². The van der Waals surface area contributed by atoms with Crippen molar-refractivity contribution in [1.82, 2.24) is 15.1 Å². The smallest absolute Gasteiger partial charge is 0.410 e. The zero-order valence-corrected chi connectivity index (χ0v) is 23.7. The summed E-state index contributed by atoms with van der Waals surface area (Å²) in [6, 6.07) is 21.9. The van der Waals surface area contributed by atoms with Gasteiger partial charge in [-0.1, -0.05) is 66.7 Å². The number of nitrogens with one attached hydrogen (secondary N) is 1. The maximum Gasteiger partial charge on any atom is 0.410 e. The van der Waals surface area contributed by atoms with E-state index in [0.717, 1.165) is 28.3 Å². The van der Waals surface area contributed by atoms with Crippen LogP contribution in [0.15, 0.2) is 66.7 Å². The SMILES string of the molecule is CC(C)(C)OC(=O)N1CCC(C(=O)N[C@H](Cc2ccc3ccccc3c2)C(=O)N2CCc3ccccc3C2)CC1. The number of carbonyl (C=O) groups excluding carboxylic acids is 3. The summed E-state index contributed by atoms with van der Waals surface area (Å²) in [5, 5.41) is 5.37. The predicted octanol–water partition coefficient (Wildman–Crippen LogP) is 5.10. The van der Waals surface area contributed by atoms with E-state index in [1.807, 2.05) is 56.0 Å². The van der Waals surface area contributed by atoms with E-state index >= 15 is 0 Å². The lowest BCUT2D eigenvalue weighted by Gasteiger charge is -2.35. The molecule has 3 amide bonds. The van der Waals surface area contributed by atoms with Gasteiger partial charge in [0.25, 0.3) is 0 Å².